The van der Waals surface area contributed by atoms with Crippen molar-refractivity contribution in [2.45, 2.75) is 57.4 Å². The topological polar surface area (TPSA) is 102 Å². The summed E-state index contributed by atoms with van der Waals surface area (Å²) in [7, 11) is -3.87. The van der Waals surface area contributed by atoms with E-state index >= 15 is 0 Å². The highest BCUT2D eigenvalue weighted by molar-refractivity contribution is 7.89. The first-order valence-electron chi connectivity index (χ1n) is 7.03. The third kappa shape index (κ3) is 3.85. The van der Waals surface area contributed by atoms with Crippen LogP contribution in [0.2, 0.25) is 0 Å². The van der Waals surface area contributed by atoms with Crippen LogP contribution in [0.1, 0.15) is 55.8 Å². The van der Waals surface area contributed by atoms with E-state index in [0.717, 1.165) is 25.7 Å². The van der Waals surface area contributed by atoms with Gasteiger partial charge in [-0.2, -0.15) is 0 Å². The maximum Gasteiger partial charge on any atom is 0.287 e. The second kappa shape index (κ2) is 5.46. The molecule has 118 valence electrons. The van der Waals surface area contributed by atoms with Gasteiger partial charge in [0.15, 0.2) is 5.76 Å². The van der Waals surface area contributed by atoms with Crippen molar-refractivity contribution in [3.63, 3.8) is 0 Å². The molecule has 1 aromatic heterocycles. The normalized spacial score (nSPS) is 22.0. The molecule has 1 aliphatic rings. The Morgan fingerprint density at radius 1 is 1.48 bits per heavy atom. The fourth-order valence-electron chi connectivity index (χ4n) is 2.94. The number of amides is 1. The summed E-state index contributed by atoms with van der Waals surface area (Å²) in [5.41, 5.74) is 0.209. The minimum absolute atomic E-state index is 0.0140. The molecule has 1 aliphatic carbocycles. The smallest absolute Gasteiger partial charge is 0.287 e. The predicted octanol–water partition coefficient (Wildman–Crippen LogP) is 1.93. The van der Waals surface area contributed by atoms with Gasteiger partial charge >= 0.3 is 0 Å². The number of nitrogens with one attached hydrogen (secondary N) is 1. The number of nitrogens with two attached hydrogens (primary N) is 1. The van der Waals surface area contributed by atoms with Crippen LogP contribution in [0.4, 0.5) is 0 Å². The van der Waals surface area contributed by atoms with Crippen LogP contribution in [0, 0.1) is 12.3 Å². The molecule has 6 nitrogen and oxygen atoms in total. The molecule has 1 saturated carbocycles. The van der Waals surface area contributed by atoms with Crippen LogP contribution in [-0.2, 0) is 10.0 Å². The molecular formula is C14H22N2O4S. The third-order valence-corrected chi connectivity index (χ3v) is 4.96. The first-order valence-corrected chi connectivity index (χ1v) is 8.57. The molecule has 21 heavy (non-hydrogen) atoms. The predicted molar refractivity (Wildman–Crippen MR) is 78.3 cm³/mol. The van der Waals surface area contributed by atoms with E-state index < -0.39 is 15.9 Å². The molecule has 1 fully saturated rings. The molecule has 0 spiro atoms. The van der Waals surface area contributed by atoms with Gasteiger partial charge in [0.05, 0.1) is 0 Å². The van der Waals surface area contributed by atoms with Gasteiger partial charge in [-0.25, -0.2) is 13.6 Å². The van der Waals surface area contributed by atoms with Crippen molar-refractivity contribution in [2.75, 3.05) is 0 Å². The average Bonchev–Trinajstić information content (AvgIpc) is 2.69. The van der Waals surface area contributed by atoms with Crippen LogP contribution in [0.25, 0.3) is 0 Å². The Morgan fingerprint density at radius 3 is 2.67 bits per heavy atom. The summed E-state index contributed by atoms with van der Waals surface area (Å²) < 4.78 is 27.9. The van der Waals surface area contributed by atoms with Gasteiger partial charge in [-0.1, -0.05) is 20.3 Å². The highest BCUT2D eigenvalue weighted by atomic mass is 32.2. The second-order valence-electron chi connectivity index (χ2n) is 6.51. The maximum absolute atomic E-state index is 12.2. The third-order valence-electron chi connectivity index (χ3n) is 3.94. The minimum atomic E-state index is -3.87. The lowest BCUT2D eigenvalue weighted by molar-refractivity contribution is 0.0873. The van der Waals surface area contributed by atoms with Crippen LogP contribution in [0.15, 0.2) is 15.4 Å². The number of primary sulfonamides is 1. The second-order valence-corrected chi connectivity index (χ2v) is 8.04. The van der Waals surface area contributed by atoms with Gasteiger partial charge in [-0.15, -0.1) is 0 Å². The van der Waals surface area contributed by atoms with E-state index in [9.17, 15) is 13.2 Å². The van der Waals surface area contributed by atoms with Crippen LogP contribution in [0.3, 0.4) is 0 Å². The Bertz CT molecular complexity index is 646. The monoisotopic (exact) mass is 314 g/mol. The molecule has 0 aliphatic heterocycles. The van der Waals surface area contributed by atoms with Gasteiger partial charge in [0.2, 0.25) is 10.0 Å². The van der Waals surface area contributed by atoms with E-state index in [1.54, 1.807) is 0 Å². The lowest BCUT2D eigenvalue weighted by atomic mass is 9.75. The van der Waals surface area contributed by atoms with E-state index in [2.05, 4.69) is 19.2 Å². The number of carbonyl (C=O) groups excluding carboxylic acids is 1. The number of hydrogen-bond acceptors (Lipinski definition) is 4. The molecule has 1 amide bonds. The standard InChI is InChI=1S/C14H22N2O4S/c1-9-12(21(15,18)19)7-11(20-9)13(17)16-10-5-4-6-14(2,3)8-10/h7,10H,4-6,8H2,1-3H3,(H,16,17)(H2,15,18,19). The lowest BCUT2D eigenvalue weighted by Crippen LogP contribution is -2.40. The molecular weight excluding hydrogens is 292 g/mol. The molecule has 1 atom stereocenters. The summed E-state index contributed by atoms with van der Waals surface area (Å²) in [5.74, 6) is -0.276. The molecule has 2 rings (SSSR count). The van der Waals surface area contributed by atoms with E-state index in [0.29, 0.717) is 0 Å². The Hall–Kier alpha value is -1.34. The highest BCUT2D eigenvalue weighted by Gasteiger charge is 2.30. The molecule has 7 heteroatoms. The quantitative estimate of drug-likeness (QED) is 0.889. The highest BCUT2D eigenvalue weighted by Crippen LogP contribution is 2.35. The van der Waals surface area contributed by atoms with Gasteiger partial charge in [-0.05, 0) is 31.6 Å². The van der Waals surface area contributed by atoms with Crippen LogP contribution in [0.5, 0.6) is 0 Å². The molecule has 3 N–H and O–H groups in total. The van der Waals surface area contributed by atoms with Crippen molar-refractivity contribution in [2.24, 2.45) is 10.6 Å². The molecule has 1 heterocycles. The van der Waals surface area contributed by atoms with Gasteiger partial charge < -0.3 is 9.73 Å². The summed E-state index contributed by atoms with van der Waals surface area (Å²) in [6.07, 6.45) is 4.05. The van der Waals surface area contributed by atoms with E-state index in [1.807, 2.05) is 0 Å². The van der Waals surface area contributed by atoms with Crippen molar-refractivity contribution >= 4 is 15.9 Å². The summed E-state index contributed by atoms with van der Waals surface area (Å²) in [5, 5.41) is 7.99. The molecule has 0 bridgehead atoms. The van der Waals surface area contributed by atoms with E-state index in [1.165, 1.54) is 13.0 Å². The maximum atomic E-state index is 12.2. The molecule has 0 saturated heterocycles. The zero-order chi connectivity index (χ0) is 15.8. The average molecular weight is 314 g/mol. The van der Waals surface area contributed by atoms with E-state index in [-0.39, 0.29) is 27.9 Å². The van der Waals surface area contributed by atoms with Crippen molar-refractivity contribution in [3.8, 4) is 0 Å². The van der Waals surface area contributed by atoms with Gasteiger partial charge in [0.25, 0.3) is 5.91 Å². The summed E-state index contributed by atoms with van der Waals surface area (Å²) >= 11 is 0. The Kier molecular flexibility index (Phi) is 4.17. The van der Waals surface area contributed by atoms with Gasteiger partial charge in [-0.3, -0.25) is 4.79 Å². The minimum Gasteiger partial charge on any atom is -0.455 e. The lowest BCUT2D eigenvalue weighted by Gasteiger charge is -2.35. The zero-order valence-electron chi connectivity index (χ0n) is 12.6. The van der Waals surface area contributed by atoms with Crippen molar-refractivity contribution in [3.05, 3.63) is 17.6 Å². The van der Waals surface area contributed by atoms with Crippen LogP contribution in [-0.4, -0.2) is 20.4 Å². The summed E-state index contributed by atoms with van der Waals surface area (Å²) in [4.78, 5) is 12.0. The fourth-order valence-corrected chi connectivity index (χ4v) is 3.65. The molecule has 1 unspecified atom stereocenters. The van der Waals surface area contributed by atoms with Crippen molar-refractivity contribution in [1.29, 1.82) is 0 Å². The molecule has 0 radical (unpaired) electrons. The largest absolute Gasteiger partial charge is 0.455 e. The number of sulfonamides is 1. The fraction of sp³-hybridized carbons (Fsp3) is 0.643. The number of rotatable bonds is 3. The number of furan rings is 1. The molecule has 0 aromatic carbocycles. The zero-order valence-corrected chi connectivity index (χ0v) is 13.4. The molecule has 1 aromatic rings. The Morgan fingerprint density at radius 2 is 2.14 bits per heavy atom. The summed E-state index contributed by atoms with van der Waals surface area (Å²) in [6.45, 7) is 5.84. The first kappa shape index (κ1) is 16.0. The Labute approximate surface area is 125 Å². The first-order chi connectivity index (χ1) is 9.58. The Balaban J connectivity index is 2.11. The number of aryl methyl sites for hydroxylation is 1. The van der Waals surface area contributed by atoms with Crippen LogP contribution < -0.4 is 10.5 Å². The van der Waals surface area contributed by atoms with Gasteiger partial charge in [0, 0.05) is 12.1 Å². The van der Waals surface area contributed by atoms with E-state index in [4.69, 9.17) is 9.56 Å². The van der Waals surface area contributed by atoms with Crippen molar-refractivity contribution in [1.82, 2.24) is 5.32 Å². The van der Waals surface area contributed by atoms with Crippen LogP contribution >= 0.6 is 0 Å². The van der Waals surface area contributed by atoms with Crippen molar-refractivity contribution < 1.29 is 17.6 Å². The number of carbonyl (C=O) groups is 1. The summed E-state index contributed by atoms with van der Waals surface area (Å²) in [6, 6.07) is 1.28. The SMILES string of the molecule is Cc1oc(C(=O)NC2CCCC(C)(C)C2)cc1S(N)(=O)=O. The number of hydrogen-bond donors (Lipinski definition) is 2. The van der Waals surface area contributed by atoms with Gasteiger partial charge in [0.1, 0.15) is 10.7 Å².